The summed E-state index contributed by atoms with van der Waals surface area (Å²) in [5.74, 6) is -1.02. The van der Waals surface area contributed by atoms with E-state index in [4.69, 9.17) is 28.3 Å². The summed E-state index contributed by atoms with van der Waals surface area (Å²) in [6.45, 7) is 0. The number of benzene rings is 1. The molecule has 1 aromatic heterocycles. The van der Waals surface area contributed by atoms with E-state index in [1.807, 2.05) is 0 Å². The molecule has 5 nitrogen and oxygen atoms in total. The molecule has 2 aromatic rings. The van der Waals surface area contributed by atoms with Gasteiger partial charge in [-0.1, -0.05) is 35.0 Å². The van der Waals surface area contributed by atoms with Crippen molar-refractivity contribution in [1.29, 1.82) is 0 Å². The van der Waals surface area contributed by atoms with Crippen LogP contribution in [0.4, 0.5) is 0 Å². The fourth-order valence-corrected chi connectivity index (χ4v) is 2.30. The average molecular weight is 304 g/mol. The minimum absolute atomic E-state index is 0.100. The summed E-state index contributed by atoms with van der Waals surface area (Å²) in [5, 5.41) is 17.7. The summed E-state index contributed by atoms with van der Waals surface area (Å²) in [4.78, 5) is 10.5. The number of thioether (sulfide) groups is 1. The van der Waals surface area contributed by atoms with Crippen molar-refractivity contribution in [2.24, 2.45) is 0 Å². The molecule has 0 saturated carbocycles. The number of aliphatic carboxylic acids is 1. The van der Waals surface area contributed by atoms with Gasteiger partial charge in [-0.25, -0.2) is 0 Å². The molecule has 0 saturated heterocycles. The lowest BCUT2D eigenvalue weighted by atomic mass is 10.3. The van der Waals surface area contributed by atoms with Crippen LogP contribution < -0.4 is 0 Å². The zero-order chi connectivity index (χ0) is 13.1. The van der Waals surface area contributed by atoms with Crippen molar-refractivity contribution in [2.75, 3.05) is 5.75 Å². The van der Waals surface area contributed by atoms with E-state index < -0.39 is 5.97 Å². The van der Waals surface area contributed by atoms with E-state index in [1.165, 1.54) is 6.33 Å². The molecule has 0 aliphatic heterocycles. The van der Waals surface area contributed by atoms with Gasteiger partial charge in [-0.2, -0.15) is 0 Å². The van der Waals surface area contributed by atoms with E-state index in [9.17, 15) is 4.79 Å². The Bertz CT molecular complexity index is 588. The van der Waals surface area contributed by atoms with E-state index in [0.29, 0.717) is 20.9 Å². The Kier molecular flexibility index (Phi) is 4.11. The van der Waals surface area contributed by atoms with Crippen LogP contribution in [-0.4, -0.2) is 31.6 Å². The van der Waals surface area contributed by atoms with E-state index in [0.717, 1.165) is 11.8 Å². The lowest BCUT2D eigenvalue weighted by Gasteiger charge is -2.07. The monoisotopic (exact) mass is 303 g/mol. The fraction of sp³-hybridized carbons (Fsp3) is 0.100. The summed E-state index contributed by atoms with van der Waals surface area (Å²) in [5.41, 5.74) is 0.613. The third-order valence-electron chi connectivity index (χ3n) is 2.01. The van der Waals surface area contributed by atoms with Gasteiger partial charge in [0.05, 0.1) is 16.5 Å². The van der Waals surface area contributed by atoms with Crippen LogP contribution in [0.25, 0.3) is 5.69 Å². The van der Waals surface area contributed by atoms with Crippen molar-refractivity contribution < 1.29 is 9.90 Å². The molecule has 1 heterocycles. The molecule has 0 spiro atoms. The Morgan fingerprint density at radius 3 is 2.94 bits per heavy atom. The van der Waals surface area contributed by atoms with E-state index in [2.05, 4.69) is 10.2 Å². The van der Waals surface area contributed by atoms with Gasteiger partial charge >= 0.3 is 5.97 Å². The Morgan fingerprint density at radius 1 is 1.44 bits per heavy atom. The molecule has 94 valence electrons. The van der Waals surface area contributed by atoms with Gasteiger partial charge in [0.25, 0.3) is 0 Å². The smallest absolute Gasteiger partial charge is 0.313 e. The zero-order valence-corrected chi connectivity index (χ0v) is 11.2. The number of carboxylic acid groups (broad SMARTS) is 1. The van der Waals surface area contributed by atoms with Crippen LogP contribution in [0, 0.1) is 0 Å². The first-order chi connectivity index (χ1) is 8.58. The molecule has 0 unspecified atom stereocenters. The zero-order valence-electron chi connectivity index (χ0n) is 8.88. The van der Waals surface area contributed by atoms with E-state index in [1.54, 1.807) is 22.8 Å². The van der Waals surface area contributed by atoms with Crippen molar-refractivity contribution in [2.45, 2.75) is 5.16 Å². The normalized spacial score (nSPS) is 10.6. The topological polar surface area (TPSA) is 68.0 Å². The Labute approximate surface area is 117 Å². The second kappa shape index (κ2) is 5.60. The SMILES string of the molecule is O=C(O)CSc1nncn1-c1cc(Cl)ccc1Cl. The summed E-state index contributed by atoms with van der Waals surface area (Å²) < 4.78 is 1.60. The third-order valence-corrected chi connectivity index (χ3v) is 3.49. The van der Waals surface area contributed by atoms with Crippen LogP contribution in [0.1, 0.15) is 0 Å². The maximum Gasteiger partial charge on any atom is 0.313 e. The second-order valence-electron chi connectivity index (χ2n) is 3.26. The minimum Gasteiger partial charge on any atom is -0.481 e. The molecule has 0 bridgehead atoms. The first kappa shape index (κ1) is 13.2. The molecule has 1 N–H and O–H groups in total. The molecular weight excluding hydrogens is 297 g/mol. The summed E-state index contributed by atoms with van der Waals surface area (Å²) in [6.07, 6.45) is 1.46. The average Bonchev–Trinajstić information content (AvgIpc) is 2.77. The molecule has 0 amide bonds. The molecule has 18 heavy (non-hydrogen) atoms. The quantitative estimate of drug-likeness (QED) is 0.880. The standard InChI is InChI=1S/C10H7Cl2N3O2S/c11-6-1-2-7(12)8(3-6)15-5-13-14-10(15)18-4-9(16)17/h1-3,5H,4H2,(H,16,17). The highest BCUT2D eigenvalue weighted by Gasteiger charge is 2.12. The van der Waals surface area contributed by atoms with Crippen molar-refractivity contribution in [1.82, 2.24) is 14.8 Å². The molecule has 0 fully saturated rings. The van der Waals surface area contributed by atoms with Gasteiger partial charge in [0, 0.05) is 5.02 Å². The number of rotatable bonds is 4. The number of nitrogens with zero attached hydrogens (tertiary/aromatic N) is 3. The van der Waals surface area contributed by atoms with E-state index >= 15 is 0 Å². The van der Waals surface area contributed by atoms with Gasteiger partial charge in [0.15, 0.2) is 5.16 Å². The van der Waals surface area contributed by atoms with Crippen molar-refractivity contribution in [3.8, 4) is 5.69 Å². The highest BCUT2D eigenvalue weighted by Crippen LogP contribution is 2.27. The van der Waals surface area contributed by atoms with Crippen LogP contribution in [-0.2, 0) is 4.79 Å². The van der Waals surface area contributed by atoms with Crippen molar-refractivity contribution >= 4 is 40.9 Å². The number of carboxylic acids is 1. The minimum atomic E-state index is -0.924. The first-order valence-electron chi connectivity index (χ1n) is 4.78. The summed E-state index contributed by atoms with van der Waals surface area (Å²) in [6, 6.07) is 4.99. The highest BCUT2D eigenvalue weighted by atomic mass is 35.5. The summed E-state index contributed by atoms with van der Waals surface area (Å²) in [7, 11) is 0. The van der Waals surface area contributed by atoms with Crippen molar-refractivity contribution in [3.05, 3.63) is 34.6 Å². The first-order valence-corrected chi connectivity index (χ1v) is 6.52. The number of hydrogen-bond donors (Lipinski definition) is 1. The van der Waals surface area contributed by atoms with Crippen LogP contribution in [0.5, 0.6) is 0 Å². The molecule has 1 aromatic carbocycles. The van der Waals surface area contributed by atoms with Gasteiger partial charge in [-0.3, -0.25) is 9.36 Å². The largest absolute Gasteiger partial charge is 0.481 e. The predicted molar refractivity (Wildman–Crippen MR) is 69.7 cm³/mol. The van der Waals surface area contributed by atoms with Crippen LogP contribution in [0.2, 0.25) is 10.0 Å². The van der Waals surface area contributed by atoms with E-state index in [-0.39, 0.29) is 5.75 Å². The van der Waals surface area contributed by atoms with Crippen molar-refractivity contribution in [3.63, 3.8) is 0 Å². The molecule has 0 atom stereocenters. The molecule has 0 aliphatic rings. The lowest BCUT2D eigenvalue weighted by Crippen LogP contribution is -2.01. The lowest BCUT2D eigenvalue weighted by molar-refractivity contribution is -0.133. The third kappa shape index (κ3) is 2.95. The maximum atomic E-state index is 10.5. The Balaban J connectivity index is 2.36. The van der Waals surface area contributed by atoms with Gasteiger partial charge < -0.3 is 5.11 Å². The Morgan fingerprint density at radius 2 is 2.22 bits per heavy atom. The number of hydrogen-bond acceptors (Lipinski definition) is 4. The predicted octanol–water partition coefficient (Wildman–Crippen LogP) is 2.75. The fourth-order valence-electron chi connectivity index (χ4n) is 1.28. The second-order valence-corrected chi connectivity index (χ2v) is 5.05. The number of aromatic nitrogens is 3. The highest BCUT2D eigenvalue weighted by molar-refractivity contribution is 7.99. The maximum absolute atomic E-state index is 10.5. The van der Waals surface area contributed by atoms with Gasteiger partial charge in [0.2, 0.25) is 0 Å². The molecule has 8 heteroatoms. The van der Waals surface area contributed by atoms with Crippen LogP contribution >= 0.6 is 35.0 Å². The summed E-state index contributed by atoms with van der Waals surface area (Å²) >= 11 is 13.0. The number of carbonyl (C=O) groups is 1. The Hall–Kier alpha value is -1.24. The van der Waals surface area contributed by atoms with Gasteiger partial charge in [-0.05, 0) is 18.2 Å². The number of halogens is 2. The molecule has 0 radical (unpaired) electrons. The van der Waals surface area contributed by atoms with Gasteiger partial charge in [0.1, 0.15) is 6.33 Å². The van der Waals surface area contributed by atoms with Crippen LogP contribution in [0.3, 0.4) is 0 Å². The molecule has 2 rings (SSSR count). The van der Waals surface area contributed by atoms with Crippen LogP contribution in [0.15, 0.2) is 29.7 Å². The van der Waals surface area contributed by atoms with Gasteiger partial charge in [-0.15, -0.1) is 10.2 Å². The molecular formula is C10H7Cl2N3O2S. The molecule has 0 aliphatic carbocycles.